The van der Waals surface area contributed by atoms with Gasteiger partial charge in [0, 0.05) is 5.56 Å². The lowest BCUT2D eigenvalue weighted by Crippen LogP contribution is -1.94. The summed E-state index contributed by atoms with van der Waals surface area (Å²) in [6, 6.07) is 12.9. The van der Waals surface area contributed by atoms with E-state index >= 15 is 0 Å². The molecule has 0 radical (unpaired) electrons. The van der Waals surface area contributed by atoms with E-state index in [4.69, 9.17) is 20.5 Å². The second-order valence-corrected chi connectivity index (χ2v) is 3.98. The molecule has 0 saturated heterocycles. The highest BCUT2D eigenvalue weighted by atomic mass is 16.5. The quantitative estimate of drug-likeness (QED) is 0.855. The van der Waals surface area contributed by atoms with Gasteiger partial charge < -0.3 is 15.2 Å². The number of anilines is 1. The van der Waals surface area contributed by atoms with Gasteiger partial charge in [0.25, 0.3) is 0 Å². The van der Waals surface area contributed by atoms with Gasteiger partial charge in [-0.05, 0) is 35.9 Å². The summed E-state index contributed by atoms with van der Waals surface area (Å²) >= 11 is 0. The van der Waals surface area contributed by atoms with Crippen LogP contribution in [-0.2, 0) is 0 Å². The van der Waals surface area contributed by atoms with Gasteiger partial charge in [0.2, 0.25) is 0 Å². The third-order valence-corrected chi connectivity index (χ3v) is 2.87. The van der Waals surface area contributed by atoms with Gasteiger partial charge >= 0.3 is 0 Å². The van der Waals surface area contributed by atoms with Crippen molar-refractivity contribution in [3.05, 3.63) is 42.0 Å². The summed E-state index contributed by atoms with van der Waals surface area (Å²) in [5, 5.41) is 8.97. The fraction of sp³-hybridized carbons (Fsp3) is 0.133. The van der Waals surface area contributed by atoms with Crippen molar-refractivity contribution in [2.24, 2.45) is 0 Å². The molecule has 0 amide bonds. The van der Waals surface area contributed by atoms with E-state index in [0.29, 0.717) is 22.7 Å². The molecule has 96 valence electrons. The Kier molecular flexibility index (Phi) is 3.58. The molecule has 0 unspecified atom stereocenters. The molecule has 0 aromatic heterocycles. The van der Waals surface area contributed by atoms with Gasteiger partial charge in [0.05, 0.1) is 31.5 Å². The first kappa shape index (κ1) is 12.8. The molecular formula is C15H14N2O2. The number of nitriles is 1. The second-order valence-electron chi connectivity index (χ2n) is 3.98. The zero-order valence-corrected chi connectivity index (χ0v) is 10.8. The average Bonchev–Trinajstić information content (AvgIpc) is 2.46. The first-order valence-electron chi connectivity index (χ1n) is 5.71. The molecule has 4 heteroatoms. The number of rotatable bonds is 3. The molecule has 2 rings (SSSR count). The first-order chi connectivity index (χ1) is 9.19. The predicted octanol–water partition coefficient (Wildman–Crippen LogP) is 2.82. The Morgan fingerprint density at radius 2 is 1.68 bits per heavy atom. The van der Waals surface area contributed by atoms with Gasteiger partial charge in [-0.15, -0.1) is 0 Å². The highest BCUT2D eigenvalue weighted by molar-refractivity contribution is 5.76. The summed E-state index contributed by atoms with van der Waals surface area (Å²) in [6.45, 7) is 0. The Hall–Kier alpha value is -2.67. The summed E-state index contributed by atoms with van der Waals surface area (Å²) in [5.74, 6) is 1.32. The fourth-order valence-electron chi connectivity index (χ4n) is 1.91. The minimum atomic E-state index is 0.546. The molecule has 19 heavy (non-hydrogen) atoms. The summed E-state index contributed by atoms with van der Waals surface area (Å²) in [5.41, 5.74) is 8.73. The molecule has 0 saturated carbocycles. The normalized spacial score (nSPS) is 9.74. The third kappa shape index (κ3) is 2.45. The van der Waals surface area contributed by atoms with Crippen LogP contribution < -0.4 is 15.2 Å². The highest BCUT2D eigenvalue weighted by Gasteiger charge is 2.09. The summed E-state index contributed by atoms with van der Waals surface area (Å²) < 4.78 is 10.4. The van der Waals surface area contributed by atoms with Crippen LogP contribution in [-0.4, -0.2) is 14.2 Å². The van der Waals surface area contributed by atoms with Crippen molar-refractivity contribution in [2.75, 3.05) is 20.0 Å². The van der Waals surface area contributed by atoms with Gasteiger partial charge in [-0.2, -0.15) is 5.26 Å². The molecule has 0 heterocycles. The van der Waals surface area contributed by atoms with Crippen LogP contribution in [0.2, 0.25) is 0 Å². The lowest BCUT2D eigenvalue weighted by Gasteiger charge is -2.11. The van der Waals surface area contributed by atoms with Crippen molar-refractivity contribution in [3.63, 3.8) is 0 Å². The molecular weight excluding hydrogens is 240 g/mol. The van der Waals surface area contributed by atoms with Crippen LogP contribution >= 0.6 is 0 Å². The molecule has 4 nitrogen and oxygen atoms in total. The minimum Gasteiger partial charge on any atom is -0.496 e. The number of hydrogen-bond acceptors (Lipinski definition) is 4. The van der Waals surface area contributed by atoms with Gasteiger partial charge in [-0.1, -0.05) is 6.07 Å². The Bertz CT molecular complexity index is 645. The number of methoxy groups -OCH3 is 2. The number of nitrogens with two attached hydrogens (primary N) is 1. The van der Waals surface area contributed by atoms with E-state index in [0.717, 1.165) is 11.1 Å². The maximum atomic E-state index is 8.97. The van der Waals surface area contributed by atoms with Crippen molar-refractivity contribution in [1.29, 1.82) is 5.26 Å². The van der Waals surface area contributed by atoms with Crippen LogP contribution in [0.1, 0.15) is 5.56 Å². The van der Waals surface area contributed by atoms with Crippen molar-refractivity contribution in [2.45, 2.75) is 0 Å². The molecule has 0 bridgehead atoms. The van der Waals surface area contributed by atoms with E-state index in [1.54, 1.807) is 44.6 Å². The first-order valence-corrected chi connectivity index (χ1v) is 5.71. The molecule has 0 aliphatic carbocycles. The molecule has 0 aliphatic rings. The number of hydrogen-bond donors (Lipinski definition) is 1. The lowest BCUT2D eigenvalue weighted by atomic mass is 10.0. The van der Waals surface area contributed by atoms with Crippen molar-refractivity contribution in [3.8, 4) is 28.7 Å². The topological polar surface area (TPSA) is 68.3 Å². The Morgan fingerprint density at radius 1 is 1.00 bits per heavy atom. The van der Waals surface area contributed by atoms with Crippen LogP contribution in [0.3, 0.4) is 0 Å². The van der Waals surface area contributed by atoms with E-state index in [-0.39, 0.29) is 0 Å². The molecule has 2 aromatic rings. The highest BCUT2D eigenvalue weighted by Crippen LogP contribution is 2.34. The SMILES string of the molecule is COc1ccc(-c2cc(C#N)ccc2OC)cc1N. The van der Waals surface area contributed by atoms with Gasteiger partial charge in [-0.25, -0.2) is 0 Å². The maximum Gasteiger partial charge on any atom is 0.141 e. The average molecular weight is 254 g/mol. The minimum absolute atomic E-state index is 0.546. The molecule has 0 aliphatic heterocycles. The number of benzene rings is 2. The largest absolute Gasteiger partial charge is 0.496 e. The Morgan fingerprint density at radius 3 is 2.26 bits per heavy atom. The van der Waals surface area contributed by atoms with Crippen molar-refractivity contribution in [1.82, 2.24) is 0 Å². The summed E-state index contributed by atoms with van der Waals surface area (Å²) in [6.07, 6.45) is 0. The van der Waals surface area contributed by atoms with Gasteiger partial charge in [0.1, 0.15) is 11.5 Å². The molecule has 0 atom stereocenters. The van der Waals surface area contributed by atoms with E-state index < -0.39 is 0 Å². The maximum absolute atomic E-state index is 8.97. The Labute approximate surface area is 112 Å². The van der Waals surface area contributed by atoms with Gasteiger partial charge in [-0.3, -0.25) is 0 Å². The second kappa shape index (κ2) is 5.32. The monoisotopic (exact) mass is 254 g/mol. The predicted molar refractivity (Wildman–Crippen MR) is 74.1 cm³/mol. The van der Waals surface area contributed by atoms with Crippen LogP contribution in [0.25, 0.3) is 11.1 Å². The number of nitrogen functional groups attached to an aromatic ring is 1. The Balaban J connectivity index is 2.57. The molecule has 2 aromatic carbocycles. The van der Waals surface area contributed by atoms with Crippen LogP contribution in [0.4, 0.5) is 5.69 Å². The number of ether oxygens (including phenoxy) is 2. The molecule has 0 fully saturated rings. The molecule has 0 spiro atoms. The van der Waals surface area contributed by atoms with Gasteiger partial charge in [0.15, 0.2) is 0 Å². The van der Waals surface area contributed by atoms with E-state index in [9.17, 15) is 0 Å². The number of nitrogens with zero attached hydrogens (tertiary/aromatic N) is 1. The third-order valence-electron chi connectivity index (χ3n) is 2.87. The standard InChI is InChI=1S/C15H14N2O2/c1-18-14-5-3-10(9-16)7-12(14)11-4-6-15(19-2)13(17)8-11/h3-8H,17H2,1-2H3. The van der Waals surface area contributed by atoms with Crippen LogP contribution in [0, 0.1) is 11.3 Å². The smallest absolute Gasteiger partial charge is 0.141 e. The zero-order chi connectivity index (χ0) is 13.8. The summed E-state index contributed by atoms with van der Waals surface area (Å²) in [7, 11) is 3.17. The zero-order valence-electron chi connectivity index (χ0n) is 10.8. The lowest BCUT2D eigenvalue weighted by molar-refractivity contribution is 0.415. The van der Waals surface area contributed by atoms with Crippen LogP contribution in [0.5, 0.6) is 11.5 Å². The van der Waals surface area contributed by atoms with Crippen molar-refractivity contribution >= 4 is 5.69 Å². The van der Waals surface area contributed by atoms with E-state index in [2.05, 4.69) is 6.07 Å². The van der Waals surface area contributed by atoms with E-state index in [1.165, 1.54) is 0 Å². The molecule has 2 N–H and O–H groups in total. The van der Waals surface area contributed by atoms with Crippen LogP contribution in [0.15, 0.2) is 36.4 Å². The fourth-order valence-corrected chi connectivity index (χ4v) is 1.91. The van der Waals surface area contributed by atoms with Crippen molar-refractivity contribution < 1.29 is 9.47 Å². The summed E-state index contributed by atoms with van der Waals surface area (Å²) in [4.78, 5) is 0. The van der Waals surface area contributed by atoms with E-state index in [1.807, 2.05) is 6.07 Å².